The van der Waals surface area contributed by atoms with Crippen LogP contribution >= 0.6 is 0 Å². The molecule has 0 aliphatic carbocycles. The Bertz CT molecular complexity index is 589. The third-order valence-corrected chi connectivity index (χ3v) is 4.10. The second-order valence-corrected chi connectivity index (χ2v) is 6.11. The Morgan fingerprint density at radius 3 is 1.10 bits per heavy atom. The summed E-state index contributed by atoms with van der Waals surface area (Å²) in [5, 5.41) is -14.6. The lowest BCUT2D eigenvalue weighted by Crippen LogP contribution is -2.69. The SMILES string of the molecule is O=S(=O)(O)C(F)(F)C(F)(C(F)(F)C(F)(F)F)S(=O)(=O)O. The van der Waals surface area contributed by atoms with E-state index in [1.54, 1.807) is 0 Å². The molecular weight excluding hydrogens is 360 g/mol. The van der Waals surface area contributed by atoms with Crippen LogP contribution < -0.4 is 0 Å². The van der Waals surface area contributed by atoms with Gasteiger partial charge in [-0.05, 0) is 0 Å². The van der Waals surface area contributed by atoms with Crippen LogP contribution in [-0.4, -0.2) is 48.3 Å². The van der Waals surface area contributed by atoms with Gasteiger partial charge >= 0.3 is 42.6 Å². The van der Waals surface area contributed by atoms with Gasteiger partial charge in [-0.3, -0.25) is 9.11 Å². The minimum Gasteiger partial charge on any atom is -0.283 e. The Kier molecular flexibility index (Phi) is 4.21. The molecule has 16 heteroatoms. The molecule has 2 N–H and O–H groups in total. The number of alkyl halides is 8. The first-order chi connectivity index (χ1) is 8.25. The van der Waals surface area contributed by atoms with Gasteiger partial charge in [0.2, 0.25) is 0 Å². The van der Waals surface area contributed by atoms with E-state index < -0.39 is 42.6 Å². The van der Waals surface area contributed by atoms with Crippen LogP contribution in [0.1, 0.15) is 0 Å². The third-order valence-electron chi connectivity index (χ3n) is 1.81. The van der Waals surface area contributed by atoms with Gasteiger partial charge in [0.05, 0.1) is 0 Å². The van der Waals surface area contributed by atoms with E-state index in [1.807, 2.05) is 0 Å². The Labute approximate surface area is 104 Å². The van der Waals surface area contributed by atoms with Gasteiger partial charge in [-0.2, -0.15) is 47.6 Å². The maximum atomic E-state index is 13.2. The summed E-state index contributed by atoms with van der Waals surface area (Å²) in [6, 6.07) is 0. The number of halogens is 8. The van der Waals surface area contributed by atoms with Crippen LogP contribution in [0, 0.1) is 0 Å². The predicted molar refractivity (Wildman–Crippen MR) is 42.9 cm³/mol. The summed E-state index contributed by atoms with van der Waals surface area (Å²) in [7, 11) is -15.1. The van der Waals surface area contributed by atoms with Crippen molar-refractivity contribution in [2.45, 2.75) is 22.4 Å². The highest BCUT2D eigenvalue weighted by Gasteiger charge is 2.89. The van der Waals surface area contributed by atoms with Crippen molar-refractivity contribution in [3.05, 3.63) is 0 Å². The molecule has 0 heterocycles. The van der Waals surface area contributed by atoms with Crippen LogP contribution in [0.2, 0.25) is 0 Å². The van der Waals surface area contributed by atoms with Crippen LogP contribution in [-0.2, 0) is 20.2 Å². The third kappa shape index (κ3) is 2.33. The van der Waals surface area contributed by atoms with Gasteiger partial charge in [0.1, 0.15) is 0 Å². The molecule has 0 aliphatic rings. The summed E-state index contributed by atoms with van der Waals surface area (Å²) in [6.07, 6.45) is -7.34. The van der Waals surface area contributed by atoms with Crippen molar-refractivity contribution in [1.29, 1.82) is 0 Å². The Hall–Kier alpha value is -0.740. The second-order valence-electron chi connectivity index (χ2n) is 3.13. The number of hydrogen-bond acceptors (Lipinski definition) is 4. The largest absolute Gasteiger partial charge is 0.458 e. The van der Waals surface area contributed by atoms with Crippen LogP contribution in [0.4, 0.5) is 35.1 Å². The molecule has 0 saturated carbocycles. The number of rotatable bonds is 4. The topological polar surface area (TPSA) is 109 Å². The smallest absolute Gasteiger partial charge is 0.283 e. The molecule has 0 spiro atoms. The van der Waals surface area contributed by atoms with Gasteiger partial charge < -0.3 is 0 Å². The van der Waals surface area contributed by atoms with Crippen LogP contribution in [0.5, 0.6) is 0 Å². The first-order valence-electron chi connectivity index (χ1n) is 3.70. The molecular formula is C4H2F8O6S2. The molecule has 1 atom stereocenters. The molecule has 0 radical (unpaired) electrons. The van der Waals surface area contributed by atoms with Crippen LogP contribution in [0.25, 0.3) is 0 Å². The van der Waals surface area contributed by atoms with E-state index in [9.17, 15) is 52.0 Å². The lowest BCUT2D eigenvalue weighted by molar-refractivity contribution is -0.330. The van der Waals surface area contributed by atoms with Crippen molar-refractivity contribution in [1.82, 2.24) is 0 Å². The molecule has 0 aromatic heterocycles. The molecule has 6 nitrogen and oxygen atoms in total. The zero-order valence-corrected chi connectivity index (χ0v) is 10.0. The fourth-order valence-corrected chi connectivity index (χ4v) is 2.67. The van der Waals surface area contributed by atoms with Crippen molar-refractivity contribution in [2.24, 2.45) is 0 Å². The zero-order valence-electron chi connectivity index (χ0n) is 8.37. The fraction of sp³-hybridized carbons (Fsp3) is 1.00. The highest BCUT2D eigenvalue weighted by atomic mass is 32.2. The van der Waals surface area contributed by atoms with Gasteiger partial charge in [0.25, 0.3) is 0 Å². The van der Waals surface area contributed by atoms with E-state index in [0.717, 1.165) is 0 Å². The quantitative estimate of drug-likeness (QED) is 0.575. The molecule has 20 heavy (non-hydrogen) atoms. The lowest BCUT2D eigenvalue weighted by Gasteiger charge is -2.35. The minimum atomic E-state index is -7.67. The Balaban J connectivity index is 6.83. The van der Waals surface area contributed by atoms with Crippen molar-refractivity contribution >= 4 is 20.2 Å². The van der Waals surface area contributed by atoms with Crippen molar-refractivity contribution in [3.8, 4) is 0 Å². The molecule has 0 aliphatic heterocycles. The summed E-state index contributed by atoms with van der Waals surface area (Å²) in [6.45, 7) is 0. The van der Waals surface area contributed by atoms with Crippen LogP contribution in [0.3, 0.4) is 0 Å². The molecule has 0 aromatic carbocycles. The summed E-state index contributed by atoms with van der Waals surface area (Å²) in [5.41, 5.74) is 0. The van der Waals surface area contributed by atoms with Crippen molar-refractivity contribution in [2.75, 3.05) is 0 Å². The molecule has 1 unspecified atom stereocenters. The highest BCUT2D eigenvalue weighted by molar-refractivity contribution is 7.91. The lowest BCUT2D eigenvalue weighted by atomic mass is 10.2. The van der Waals surface area contributed by atoms with Gasteiger partial charge in [0, 0.05) is 0 Å². The van der Waals surface area contributed by atoms with E-state index in [-0.39, 0.29) is 0 Å². The van der Waals surface area contributed by atoms with Gasteiger partial charge in [-0.25, -0.2) is 4.39 Å². The molecule has 0 fully saturated rings. The maximum Gasteiger partial charge on any atom is 0.458 e. The first-order valence-corrected chi connectivity index (χ1v) is 6.58. The second kappa shape index (κ2) is 4.38. The number of hydrogen-bond donors (Lipinski definition) is 2. The van der Waals surface area contributed by atoms with Crippen molar-refractivity contribution in [3.63, 3.8) is 0 Å². The summed E-state index contributed by atoms with van der Waals surface area (Å²) in [4.78, 5) is 0. The summed E-state index contributed by atoms with van der Waals surface area (Å²) < 4.78 is 155. The highest BCUT2D eigenvalue weighted by Crippen LogP contribution is 2.55. The predicted octanol–water partition coefficient (Wildman–Crippen LogP) is 1.22. The van der Waals surface area contributed by atoms with E-state index in [2.05, 4.69) is 0 Å². The normalized spacial score (nSPS) is 18.7. The molecule has 0 bridgehead atoms. The minimum absolute atomic E-state index is 7.23. The van der Waals surface area contributed by atoms with E-state index in [4.69, 9.17) is 9.11 Å². The zero-order chi connectivity index (χ0) is 17.0. The molecule has 0 saturated heterocycles. The van der Waals surface area contributed by atoms with E-state index in [0.29, 0.717) is 0 Å². The summed E-state index contributed by atoms with van der Waals surface area (Å²) in [5.74, 6) is -7.58. The average molecular weight is 362 g/mol. The van der Waals surface area contributed by atoms with Crippen LogP contribution in [0.15, 0.2) is 0 Å². The molecule has 122 valence electrons. The molecule has 0 amide bonds. The monoisotopic (exact) mass is 362 g/mol. The Morgan fingerprint density at radius 1 is 0.650 bits per heavy atom. The molecule has 0 rings (SSSR count). The van der Waals surface area contributed by atoms with Gasteiger partial charge in [-0.1, -0.05) is 0 Å². The van der Waals surface area contributed by atoms with E-state index >= 15 is 0 Å². The standard InChI is InChI=1S/C4H2F8O6S2/c5-1(6,3(8,9)10)2(7,19(13,14)15)4(11,12)20(16,17)18/h(H,13,14,15)(H,16,17,18). The Morgan fingerprint density at radius 2 is 0.950 bits per heavy atom. The summed E-state index contributed by atoms with van der Waals surface area (Å²) >= 11 is 0. The van der Waals surface area contributed by atoms with Gasteiger partial charge in [-0.15, -0.1) is 0 Å². The fourth-order valence-electron chi connectivity index (χ4n) is 0.843. The first kappa shape index (κ1) is 19.3. The average Bonchev–Trinajstić information content (AvgIpc) is 2.10. The maximum absolute atomic E-state index is 13.2. The van der Waals surface area contributed by atoms with E-state index in [1.165, 1.54) is 0 Å². The van der Waals surface area contributed by atoms with Gasteiger partial charge in [0.15, 0.2) is 0 Å². The van der Waals surface area contributed by atoms with Crippen molar-refractivity contribution < 1.29 is 61.1 Å². The molecule has 0 aromatic rings.